The van der Waals surface area contributed by atoms with Gasteiger partial charge in [-0.25, -0.2) is 9.97 Å². The summed E-state index contributed by atoms with van der Waals surface area (Å²) in [5.41, 5.74) is 2.76. The van der Waals surface area contributed by atoms with Gasteiger partial charge in [-0.3, -0.25) is 0 Å². The van der Waals surface area contributed by atoms with Crippen LogP contribution in [0.4, 0.5) is 5.82 Å². The molecule has 1 atom stereocenters. The van der Waals surface area contributed by atoms with E-state index >= 15 is 0 Å². The third-order valence-corrected chi connectivity index (χ3v) is 5.95. The van der Waals surface area contributed by atoms with Crippen LogP contribution in [0.15, 0.2) is 0 Å². The summed E-state index contributed by atoms with van der Waals surface area (Å²) in [5.74, 6) is 4.15. The molecule has 0 N–H and O–H groups in total. The highest BCUT2D eigenvalue weighted by atomic mass is 32.2. The number of aryl methyl sites for hydroxylation is 2. The molecule has 2 heterocycles. The zero-order chi connectivity index (χ0) is 14.1. The lowest BCUT2D eigenvalue weighted by Gasteiger charge is -2.36. The first-order valence-corrected chi connectivity index (χ1v) is 8.93. The van der Waals surface area contributed by atoms with Crippen LogP contribution in [0, 0.1) is 12.8 Å². The van der Waals surface area contributed by atoms with Gasteiger partial charge in [0.15, 0.2) is 0 Å². The predicted octanol–water partition coefficient (Wildman–Crippen LogP) is 3.24. The average molecular weight is 291 g/mol. The van der Waals surface area contributed by atoms with Gasteiger partial charge in [0.05, 0.1) is 0 Å². The van der Waals surface area contributed by atoms with Crippen molar-refractivity contribution in [3.8, 4) is 0 Å². The fourth-order valence-electron chi connectivity index (χ4n) is 3.23. The van der Waals surface area contributed by atoms with E-state index in [4.69, 9.17) is 4.98 Å². The molecule has 2 aliphatic rings. The Bertz CT molecular complexity index is 487. The number of fused-ring (bicyclic) bond motifs is 1. The first kappa shape index (κ1) is 14.2. The minimum Gasteiger partial charge on any atom is -0.354 e. The normalized spacial score (nSPS) is 23.0. The molecule has 20 heavy (non-hydrogen) atoms. The van der Waals surface area contributed by atoms with Crippen molar-refractivity contribution in [1.82, 2.24) is 9.97 Å². The first-order chi connectivity index (χ1) is 9.65. The molecular weight excluding hydrogens is 266 g/mol. The van der Waals surface area contributed by atoms with E-state index in [-0.39, 0.29) is 0 Å². The summed E-state index contributed by atoms with van der Waals surface area (Å²) in [6.07, 6.45) is 4.89. The Morgan fingerprint density at radius 2 is 2.00 bits per heavy atom. The highest BCUT2D eigenvalue weighted by Gasteiger charge is 2.27. The summed E-state index contributed by atoms with van der Waals surface area (Å²) < 4.78 is 0. The minimum absolute atomic E-state index is 0.735. The lowest BCUT2D eigenvalue weighted by Crippen LogP contribution is -2.41. The Morgan fingerprint density at radius 1 is 1.20 bits per heavy atom. The molecule has 1 aliphatic carbocycles. The zero-order valence-electron chi connectivity index (χ0n) is 12.9. The van der Waals surface area contributed by atoms with Crippen LogP contribution in [0.25, 0.3) is 0 Å². The van der Waals surface area contributed by atoms with Gasteiger partial charge >= 0.3 is 0 Å². The molecule has 0 amide bonds. The van der Waals surface area contributed by atoms with Crippen LogP contribution >= 0.6 is 11.8 Å². The lowest BCUT2D eigenvalue weighted by atomic mass is 9.96. The molecule has 3 nitrogen and oxygen atoms in total. The quantitative estimate of drug-likeness (QED) is 0.836. The molecule has 3 rings (SSSR count). The molecule has 0 radical (unpaired) electrons. The predicted molar refractivity (Wildman–Crippen MR) is 86.7 cm³/mol. The number of thioether (sulfide) groups is 1. The highest BCUT2D eigenvalue weighted by molar-refractivity contribution is 8.00. The number of nitrogens with zero attached hydrogens (tertiary/aromatic N) is 3. The van der Waals surface area contributed by atoms with Crippen LogP contribution in [0.2, 0.25) is 0 Å². The Morgan fingerprint density at radius 3 is 2.80 bits per heavy atom. The first-order valence-electron chi connectivity index (χ1n) is 7.88. The van der Waals surface area contributed by atoms with E-state index in [1.807, 2.05) is 6.92 Å². The highest BCUT2D eigenvalue weighted by Crippen LogP contribution is 2.32. The molecule has 1 unspecified atom stereocenters. The summed E-state index contributed by atoms with van der Waals surface area (Å²) in [7, 11) is 0. The molecule has 1 saturated heterocycles. The van der Waals surface area contributed by atoms with E-state index in [1.165, 1.54) is 42.1 Å². The van der Waals surface area contributed by atoms with E-state index in [0.29, 0.717) is 0 Å². The van der Waals surface area contributed by atoms with Crippen molar-refractivity contribution in [2.45, 2.75) is 51.7 Å². The van der Waals surface area contributed by atoms with Gasteiger partial charge in [-0.2, -0.15) is 11.8 Å². The smallest absolute Gasteiger partial charge is 0.135 e. The van der Waals surface area contributed by atoms with Crippen molar-refractivity contribution in [2.75, 3.05) is 23.7 Å². The summed E-state index contributed by atoms with van der Waals surface area (Å²) in [6, 6.07) is 0. The van der Waals surface area contributed by atoms with Gasteiger partial charge in [0.1, 0.15) is 11.6 Å². The molecule has 1 fully saturated rings. The van der Waals surface area contributed by atoms with Crippen LogP contribution in [0.3, 0.4) is 0 Å². The Labute approximate surface area is 126 Å². The second-order valence-electron chi connectivity index (χ2n) is 6.33. The maximum absolute atomic E-state index is 4.81. The van der Waals surface area contributed by atoms with Gasteiger partial charge in [0.25, 0.3) is 0 Å². The van der Waals surface area contributed by atoms with Crippen LogP contribution in [-0.4, -0.2) is 34.1 Å². The molecule has 1 aliphatic heterocycles. The van der Waals surface area contributed by atoms with Gasteiger partial charge in [0, 0.05) is 35.3 Å². The molecule has 1 aromatic heterocycles. The van der Waals surface area contributed by atoms with Crippen LogP contribution in [0.5, 0.6) is 0 Å². The molecule has 1 aromatic rings. The van der Waals surface area contributed by atoms with Crippen LogP contribution in [0.1, 0.15) is 43.8 Å². The summed E-state index contributed by atoms with van der Waals surface area (Å²) in [5, 5.41) is 0.735. The van der Waals surface area contributed by atoms with E-state index in [2.05, 4.69) is 35.5 Å². The van der Waals surface area contributed by atoms with E-state index in [0.717, 1.165) is 36.5 Å². The topological polar surface area (TPSA) is 29.0 Å². The fraction of sp³-hybridized carbons (Fsp3) is 0.750. The van der Waals surface area contributed by atoms with Gasteiger partial charge in [-0.05, 0) is 38.5 Å². The van der Waals surface area contributed by atoms with Gasteiger partial charge in [-0.15, -0.1) is 0 Å². The molecule has 0 spiro atoms. The van der Waals surface area contributed by atoms with E-state index in [1.54, 1.807) is 0 Å². The Balaban J connectivity index is 1.91. The molecular formula is C16H25N3S. The third kappa shape index (κ3) is 2.80. The maximum atomic E-state index is 4.81. The number of rotatable bonds is 2. The van der Waals surface area contributed by atoms with Gasteiger partial charge in [-0.1, -0.05) is 13.8 Å². The van der Waals surface area contributed by atoms with E-state index < -0.39 is 0 Å². The largest absolute Gasteiger partial charge is 0.354 e. The molecule has 0 aromatic carbocycles. The number of anilines is 1. The van der Waals surface area contributed by atoms with Crippen molar-refractivity contribution in [3.63, 3.8) is 0 Å². The monoisotopic (exact) mass is 291 g/mol. The van der Waals surface area contributed by atoms with Crippen LogP contribution < -0.4 is 4.90 Å². The van der Waals surface area contributed by atoms with Crippen molar-refractivity contribution in [2.24, 2.45) is 5.92 Å². The SMILES string of the molecule is Cc1nc2c(c(N3CCSC(C(C)C)C3)n1)CCCC2. The van der Waals surface area contributed by atoms with Crippen molar-refractivity contribution in [1.29, 1.82) is 0 Å². The molecule has 0 saturated carbocycles. The third-order valence-electron chi connectivity index (χ3n) is 4.41. The number of aromatic nitrogens is 2. The second kappa shape index (κ2) is 5.92. The summed E-state index contributed by atoms with van der Waals surface area (Å²) in [6.45, 7) is 8.99. The van der Waals surface area contributed by atoms with E-state index in [9.17, 15) is 0 Å². The molecule has 0 bridgehead atoms. The zero-order valence-corrected chi connectivity index (χ0v) is 13.7. The van der Waals surface area contributed by atoms with Crippen LogP contribution in [-0.2, 0) is 12.8 Å². The Kier molecular flexibility index (Phi) is 4.20. The summed E-state index contributed by atoms with van der Waals surface area (Å²) in [4.78, 5) is 12.0. The number of hydrogen-bond donors (Lipinski definition) is 0. The fourth-order valence-corrected chi connectivity index (χ4v) is 4.53. The molecule has 4 heteroatoms. The van der Waals surface area contributed by atoms with Crippen molar-refractivity contribution < 1.29 is 0 Å². The molecule has 110 valence electrons. The van der Waals surface area contributed by atoms with Gasteiger partial charge < -0.3 is 4.90 Å². The lowest BCUT2D eigenvalue weighted by molar-refractivity contribution is 0.575. The minimum atomic E-state index is 0.735. The number of hydrogen-bond acceptors (Lipinski definition) is 4. The maximum Gasteiger partial charge on any atom is 0.135 e. The van der Waals surface area contributed by atoms with Crippen molar-refractivity contribution in [3.05, 3.63) is 17.1 Å². The van der Waals surface area contributed by atoms with Gasteiger partial charge in [0.2, 0.25) is 0 Å². The average Bonchev–Trinajstić information content (AvgIpc) is 2.46. The second-order valence-corrected chi connectivity index (χ2v) is 7.67. The van der Waals surface area contributed by atoms with Crippen molar-refractivity contribution >= 4 is 17.6 Å². The Hall–Kier alpha value is -0.770. The standard InChI is InChI=1S/C16H25N3S/c1-11(2)15-10-19(8-9-20-15)16-13-6-4-5-7-14(13)17-12(3)18-16/h11,15H,4-10H2,1-3H3. The summed E-state index contributed by atoms with van der Waals surface area (Å²) >= 11 is 2.13.